The van der Waals surface area contributed by atoms with Crippen molar-refractivity contribution in [3.8, 4) is 0 Å². The first-order valence-corrected chi connectivity index (χ1v) is 6.68. The number of rotatable bonds is 3. The van der Waals surface area contributed by atoms with Gasteiger partial charge in [0.05, 0.1) is 5.71 Å². The molecule has 19 heavy (non-hydrogen) atoms. The van der Waals surface area contributed by atoms with Crippen molar-refractivity contribution >= 4 is 11.6 Å². The molecule has 0 bridgehead atoms. The number of hydrogen-bond donors (Lipinski definition) is 2. The maximum absolute atomic E-state index is 12.1. The van der Waals surface area contributed by atoms with Crippen molar-refractivity contribution in [2.45, 2.75) is 40.5 Å². The zero-order valence-electron chi connectivity index (χ0n) is 12.4. The van der Waals surface area contributed by atoms with Gasteiger partial charge in [-0.3, -0.25) is 4.79 Å². The molecule has 0 saturated carbocycles. The van der Waals surface area contributed by atoms with Crippen LogP contribution in [-0.2, 0) is 4.79 Å². The molecule has 106 valence electrons. The van der Waals surface area contributed by atoms with Gasteiger partial charge in [0.2, 0.25) is 5.91 Å². The molecule has 0 aromatic rings. The molecule has 4 heteroatoms. The van der Waals surface area contributed by atoms with E-state index in [2.05, 4.69) is 20.8 Å². The van der Waals surface area contributed by atoms with Gasteiger partial charge in [0.1, 0.15) is 0 Å². The Hall–Kier alpha value is -1.58. The molecule has 0 spiro atoms. The summed E-state index contributed by atoms with van der Waals surface area (Å²) in [5.41, 5.74) is 7.67. The van der Waals surface area contributed by atoms with Crippen molar-refractivity contribution in [2.24, 2.45) is 11.1 Å². The molecule has 0 saturated heterocycles. The molecule has 0 aliphatic carbocycles. The summed E-state index contributed by atoms with van der Waals surface area (Å²) in [6, 6.07) is 0. The number of amides is 1. The molecule has 0 unspecified atom stereocenters. The first-order chi connectivity index (χ1) is 8.69. The second-order valence-electron chi connectivity index (χ2n) is 6.36. The summed E-state index contributed by atoms with van der Waals surface area (Å²) in [5, 5.41) is 7.90. The summed E-state index contributed by atoms with van der Waals surface area (Å²) in [7, 11) is 0. The van der Waals surface area contributed by atoms with E-state index < -0.39 is 0 Å². The van der Waals surface area contributed by atoms with Crippen molar-refractivity contribution in [2.75, 3.05) is 13.1 Å². The van der Waals surface area contributed by atoms with Gasteiger partial charge in [-0.25, -0.2) is 0 Å². The van der Waals surface area contributed by atoms with Crippen molar-refractivity contribution in [1.82, 2.24) is 4.90 Å². The lowest BCUT2D eigenvalue weighted by Gasteiger charge is -2.29. The normalized spacial score (nSPS) is 17.2. The molecule has 0 fully saturated rings. The lowest BCUT2D eigenvalue weighted by atomic mass is 9.91. The van der Waals surface area contributed by atoms with Gasteiger partial charge in [-0.05, 0) is 30.4 Å². The lowest BCUT2D eigenvalue weighted by molar-refractivity contribution is -0.132. The van der Waals surface area contributed by atoms with Crippen LogP contribution >= 0.6 is 0 Å². The predicted octanol–water partition coefficient (Wildman–Crippen LogP) is 2.46. The average Bonchev–Trinajstić information content (AvgIpc) is 2.26. The van der Waals surface area contributed by atoms with Gasteiger partial charge < -0.3 is 16.0 Å². The minimum Gasteiger partial charge on any atom is -0.402 e. The van der Waals surface area contributed by atoms with Gasteiger partial charge in [-0.1, -0.05) is 26.8 Å². The lowest BCUT2D eigenvalue weighted by Crippen LogP contribution is -2.37. The van der Waals surface area contributed by atoms with Crippen molar-refractivity contribution in [1.29, 1.82) is 5.41 Å². The van der Waals surface area contributed by atoms with Gasteiger partial charge in [-0.2, -0.15) is 0 Å². The SMILES string of the molecule is C/C(N)=C/C(=N)C1=CCN(C(=O)CC(C)(C)C)CC1. The number of hydrogen-bond acceptors (Lipinski definition) is 3. The minimum atomic E-state index is 0.0210. The predicted molar refractivity (Wildman–Crippen MR) is 79.0 cm³/mol. The molecule has 0 aromatic heterocycles. The van der Waals surface area contributed by atoms with Crippen LogP contribution in [0.3, 0.4) is 0 Å². The Bertz CT molecular complexity index is 423. The molecule has 4 nitrogen and oxygen atoms in total. The Morgan fingerprint density at radius 3 is 2.58 bits per heavy atom. The zero-order valence-corrected chi connectivity index (χ0v) is 12.4. The number of carbonyl (C=O) groups is 1. The molecule has 0 radical (unpaired) electrons. The van der Waals surface area contributed by atoms with E-state index in [1.54, 1.807) is 13.0 Å². The average molecular weight is 263 g/mol. The summed E-state index contributed by atoms with van der Waals surface area (Å²) in [4.78, 5) is 13.9. The molecule has 3 N–H and O–H groups in total. The molecule has 1 heterocycles. The van der Waals surface area contributed by atoms with E-state index in [0.717, 1.165) is 12.0 Å². The van der Waals surface area contributed by atoms with Crippen LogP contribution in [0, 0.1) is 10.8 Å². The van der Waals surface area contributed by atoms with Crippen LogP contribution in [0.15, 0.2) is 23.4 Å². The van der Waals surface area contributed by atoms with E-state index in [4.69, 9.17) is 11.1 Å². The van der Waals surface area contributed by atoms with Crippen LogP contribution in [0.4, 0.5) is 0 Å². The van der Waals surface area contributed by atoms with Crippen LogP contribution in [0.5, 0.6) is 0 Å². The van der Waals surface area contributed by atoms with E-state index in [1.165, 1.54) is 0 Å². The van der Waals surface area contributed by atoms with Crippen molar-refractivity contribution in [3.05, 3.63) is 23.4 Å². The zero-order chi connectivity index (χ0) is 14.6. The third-order valence-electron chi connectivity index (χ3n) is 2.96. The monoisotopic (exact) mass is 263 g/mol. The molecule has 1 amide bonds. The number of nitrogens with one attached hydrogen (secondary N) is 1. The topological polar surface area (TPSA) is 70.2 Å². The summed E-state index contributed by atoms with van der Waals surface area (Å²) in [6.45, 7) is 9.28. The quantitative estimate of drug-likeness (QED) is 0.768. The van der Waals surface area contributed by atoms with E-state index in [9.17, 15) is 4.79 Å². The number of nitrogens with zero attached hydrogens (tertiary/aromatic N) is 1. The van der Waals surface area contributed by atoms with E-state index in [-0.39, 0.29) is 11.3 Å². The van der Waals surface area contributed by atoms with E-state index in [1.807, 2.05) is 11.0 Å². The van der Waals surface area contributed by atoms with Gasteiger partial charge in [-0.15, -0.1) is 0 Å². The Kier molecular flexibility index (Phi) is 4.92. The first-order valence-electron chi connectivity index (χ1n) is 6.68. The van der Waals surface area contributed by atoms with E-state index in [0.29, 0.717) is 30.9 Å². The maximum Gasteiger partial charge on any atom is 0.223 e. The maximum atomic E-state index is 12.1. The molecule has 1 aliphatic heterocycles. The van der Waals surface area contributed by atoms with Crippen LogP contribution in [0.1, 0.15) is 40.5 Å². The summed E-state index contributed by atoms with van der Waals surface area (Å²) < 4.78 is 0. The second-order valence-corrected chi connectivity index (χ2v) is 6.36. The third-order valence-corrected chi connectivity index (χ3v) is 2.96. The fraction of sp³-hybridized carbons (Fsp3) is 0.600. The Morgan fingerprint density at radius 2 is 2.16 bits per heavy atom. The van der Waals surface area contributed by atoms with Crippen LogP contribution in [0.2, 0.25) is 0 Å². The number of carbonyl (C=O) groups excluding carboxylic acids is 1. The van der Waals surface area contributed by atoms with E-state index >= 15 is 0 Å². The number of nitrogens with two attached hydrogens (primary N) is 1. The summed E-state index contributed by atoms with van der Waals surface area (Å²) >= 11 is 0. The molecular formula is C15H25N3O. The summed E-state index contributed by atoms with van der Waals surface area (Å²) in [6.07, 6.45) is 4.93. The highest BCUT2D eigenvalue weighted by atomic mass is 16.2. The van der Waals surface area contributed by atoms with Gasteiger partial charge in [0, 0.05) is 25.2 Å². The molecule has 0 aromatic carbocycles. The van der Waals surface area contributed by atoms with Gasteiger partial charge in [0.25, 0.3) is 0 Å². The van der Waals surface area contributed by atoms with Crippen LogP contribution in [-0.4, -0.2) is 29.6 Å². The summed E-state index contributed by atoms with van der Waals surface area (Å²) in [5.74, 6) is 0.194. The van der Waals surface area contributed by atoms with Gasteiger partial charge in [0.15, 0.2) is 0 Å². The first kappa shape index (κ1) is 15.5. The molecular weight excluding hydrogens is 238 g/mol. The highest BCUT2D eigenvalue weighted by Gasteiger charge is 2.23. The molecule has 1 aliphatic rings. The highest BCUT2D eigenvalue weighted by Crippen LogP contribution is 2.21. The van der Waals surface area contributed by atoms with Crippen molar-refractivity contribution in [3.63, 3.8) is 0 Å². The largest absolute Gasteiger partial charge is 0.402 e. The minimum absolute atomic E-state index is 0.0210. The Balaban J connectivity index is 2.61. The number of allylic oxidation sites excluding steroid dienone is 2. The fourth-order valence-corrected chi connectivity index (χ4v) is 2.03. The van der Waals surface area contributed by atoms with Crippen LogP contribution < -0.4 is 5.73 Å². The van der Waals surface area contributed by atoms with Gasteiger partial charge >= 0.3 is 0 Å². The van der Waals surface area contributed by atoms with Crippen LogP contribution in [0.25, 0.3) is 0 Å². The third kappa shape index (κ3) is 5.28. The molecule has 1 rings (SSSR count). The fourth-order valence-electron chi connectivity index (χ4n) is 2.03. The molecule has 0 atom stereocenters. The Labute approximate surface area is 115 Å². The Morgan fingerprint density at radius 1 is 1.53 bits per heavy atom. The standard InChI is InChI=1S/C15H25N3O/c1-11(16)9-13(17)12-5-7-18(8-6-12)14(19)10-15(2,3)4/h5,9,17H,6-8,10,16H2,1-4H3/b11-9-,17-13?. The second kappa shape index (κ2) is 6.04. The van der Waals surface area contributed by atoms with Crippen molar-refractivity contribution < 1.29 is 4.79 Å². The highest BCUT2D eigenvalue weighted by molar-refractivity contribution is 6.06. The smallest absolute Gasteiger partial charge is 0.223 e.